The van der Waals surface area contributed by atoms with E-state index >= 15 is 0 Å². The molecule has 0 unspecified atom stereocenters. The number of nitrogens with zero attached hydrogens (tertiary/aromatic N) is 1. The zero-order chi connectivity index (χ0) is 11.5. The van der Waals surface area contributed by atoms with Crippen molar-refractivity contribution in [1.82, 2.24) is 9.97 Å². The topological polar surface area (TPSA) is 77.9 Å². The Morgan fingerprint density at radius 1 is 1.31 bits per heavy atom. The monoisotopic (exact) mass is 220 g/mol. The highest BCUT2D eigenvalue weighted by Crippen LogP contribution is 2.17. The average Bonchev–Trinajstić information content (AvgIpc) is 2.64. The van der Waals surface area contributed by atoms with Crippen molar-refractivity contribution in [2.45, 2.75) is 6.42 Å². The van der Waals surface area contributed by atoms with E-state index < -0.39 is 0 Å². The molecule has 0 aliphatic heterocycles. The Balaban J connectivity index is 2.27. The van der Waals surface area contributed by atoms with Crippen LogP contribution >= 0.6 is 0 Å². The molecule has 0 aliphatic rings. The van der Waals surface area contributed by atoms with Crippen molar-refractivity contribution >= 4 is 16.7 Å². The Morgan fingerprint density at radius 3 is 2.81 bits per heavy atom. The van der Waals surface area contributed by atoms with Crippen molar-refractivity contribution in [3.63, 3.8) is 0 Å². The number of imidazole rings is 1. The van der Waals surface area contributed by atoms with Gasteiger partial charge >= 0.3 is 5.69 Å². The molecule has 0 atom stereocenters. The fourth-order valence-electron chi connectivity index (χ4n) is 1.72. The van der Waals surface area contributed by atoms with Crippen molar-refractivity contribution in [2.24, 2.45) is 5.73 Å². The van der Waals surface area contributed by atoms with Gasteiger partial charge in [0.25, 0.3) is 0 Å². The summed E-state index contributed by atoms with van der Waals surface area (Å²) in [4.78, 5) is 18.7. The molecular formula is C11H16N4O. The highest BCUT2D eigenvalue weighted by Gasteiger charge is 2.03. The number of fused-ring (bicyclic) bond motifs is 1. The average molecular weight is 220 g/mol. The van der Waals surface area contributed by atoms with Crippen molar-refractivity contribution < 1.29 is 0 Å². The summed E-state index contributed by atoms with van der Waals surface area (Å²) in [5, 5.41) is 0. The maximum absolute atomic E-state index is 11.1. The van der Waals surface area contributed by atoms with Crippen LogP contribution in [0.25, 0.3) is 11.0 Å². The van der Waals surface area contributed by atoms with Gasteiger partial charge in [0.2, 0.25) is 0 Å². The van der Waals surface area contributed by atoms with Crippen LogP contribution in [0.1, 0.15) is 6.42 Å². The van der Waals surface area contributed by atoms with Gasteiger partial charge in [0.15, 0.2) is 0 Å². The van der Waals surface area contributed by atoms with E-state index in [0.717, 1.165) is 29.7 Å². The molecule has 1 aromatic carbocycles. The molecule has 16 heavy (non-hydrogen) atoms. The number of anilines is 1. The van der Waals surface area contributed by atoms with Crippen LogP contribution in [0.2, 0.25) is 0 Å². The normalized spacial score (nSPS) is 10.9. The Hall–Kier alpha value is -1.75. The van der Waals surface area contributed by atoms with Gasteiger partial charge in [0.05, 0.1) is 11.0 Å². The maximum Gasteiger partial charge on any atom is 0.323 e. The summed E-state index contributed by atoms with van der Waals surface area (Å²) in [6.45, 7) is 1.60. The molecule has 0 aliphatic carbocycles. The van der Waals surface area contributed by atoms with Gasteiger partial charge in [-0.1, -0.05) is 0 Å². The lowest BCUT2D eigenvalue weighted by Crippen LogP contribution is -2.20. The summed E-state index contributed by atoms with van der Waals surface area (Å²) in [7, 11) is 2.02. The zero-order valence-corrected chi connectivity index (χ0v) is 9.29. The Morgan fingerprint density at radius 2 is 2.06 bits per heavy atom. The smallest absolute Gasteiger partial charge is 0.323 e. The minimum atomic E-state index is -0.170. The van der Waals surface area contributed by atoms with Gasteiger partial charge in [-0.2, -0.15) is 0 Å². The van der Waals surface area contributed by atoms with E-state index in [0.29, 0.717) is 6.54 Å². The van der Waals surface area contributed by atoms with Gasteiger partial charge < -0.3 is 20.6 Å². The van der Waals surface area contributed by atoms with Crippen molar-refractivity contribution in [3.8, 4) is 0 Å². The standard InChI is InChI=1S/C11H16N4O/c1-15(6-2-5-12)8-3-4-9-10(7-8)14-11(16)13-9/h3-4,7H,2,5-6,12H2,1H3,(H2,13,14,16). The van der Waals surface area contributed by atoms with Crippen LogP contribution in [-0.2, 0) is 0 Å². The van der Waals surface area contributed by atoms with Gasteiger partial charge in [0.1, 0.15) is 0 Å². The molecule has 2 rings (SSSR count). The third-order valence-corrected chi connectivity index (χ3v) is 2.64. The summed E-state index contributed by atoms with van der Waals surface area (Å²) in [6.07, 6.45) is 0.957. The molecule has 0 radical (unpaired) electrons. The quantitative estimate of drug-likeness (QED) is 0.707. The van der Waals surface area contributed by atoms with Crippen molar-refractivity contribution in [3.05, 3.63) is 28.7 Å². The molecule has 0 saturated heterocycles. The van der Waals surface area contributed by atoms with E-state index in [1.165, 1.54) is 0 Å². The maximum atomic E-state index is 11.1. The van der Waals surface area contributed by atoms with Crippen molar-refractivity contribution in [2.75, 3.05) is 25.0 Å². The first-order valence-electron chi connectivity index (χ1n) is 5.34. The van der Waals surface area contributed by atoms with Crippen LogP contribution in [0.3, 0.4) is 0 Å². The van der Waals surface area contributed by atoms with E-state index in [-0.39, 0.29) is 5.69 Å². The number of nitrogens with two attached hydrogens (primary N) is 1. The van der Waals surface area contributed by atoms with Crippen molar-refractivity contribution in [1.29, 1.82) is 0 Å². The number of benzene rings is 1. The van der Waals surface area contributed by atoms with E-state index in [4.69, 9.17) is 5.73 Å². The largest absolute Gasteiger partial charge is 0.374 e. The summed E-state index contributed by atoms with van der Waals surface area (Å²) in [5.74, 6) is 0. The van der Waals surface area contributed by atoms with E-state index in [1.54, 1.807) is 0 Å². The van der Waals surface area contributed by atoms with Crippen LogP contribution in [0.5, 0.6) is 0 Å². The van der Waals surface area contributed by atoms with Crippen LogP contribution < -0.4 is 16.3 Å². The number of aromatic nitrogens is 2. The molecule has 86 valence electrons. The predicted octanol–water partition coefficient (Wildman–Crippen LogP) is 0.641. The molecule has 0 amide bonds. The van der Waals surface area contributed by atoms with Gasteiger partial charge in [-0.15, -0.1) is 0 Å². The molecule has 0 bridgehead atoms. The second-order valence-electron chi connectivity index (χ2n) is 3.87. The molecule has 1 heterocycles. The predicted molar refractivity (Wildman–Crippen MR) is 65.9 cm³/mol. The Labute approximate surface area is 93.3 Å². The summed E-state index contributed by atoms with van der Waals surface area (Å²) in [5.41, 5.74) is 8.05. The van der Waals surface area contributed by atoms with Crippen LogP contribution in [-0.4, -0.2) is 30.1 Å². The fraction of sp³-hybridized carbons (Fsp3) is 0.364. The number of rotatable bonds is 4. The molecule has 5 nitrogen and oxygen atoms in total. The van der Waals surface area contributed by atoms with E-state index in [2.05, 4.69) is 14.9 Å². The highest BCUT2D eigenvalue weighted by atomic mass is 16.1. The lowest BCUT2D eigenvalue weighted by Gasteiger charge is -2.18. The summed E-state index contributed by atoms with van der Waals surface area (Å²) >= 11 is 0. The van der Waals surface area contributed by atoms with Gasteiger partial charge in [-0.05, 0) is 31.2 Å². The Kier molecular flexibility index (Phi) is 2.96. The number of hydrogen-bond acceptors (Lipinski definition) is 3. The molecule has 2 aromatic rings. The summed E-state index contributed by atoms with van der Waals surface area (Å²) in [6, 6.07) is 5.86. The molecule has 4 N–H and O–H groups in total. The fourth-order valence-corrected chi connectivity index (χ4v) is 1.72. The minimum absolute atomic E-state index is 0.170. The van der Waals surface area contributed by atoms with E-state index in [1.807, 2.05) is 25.2 Å². The first-order valence-corrected chi connectivity index (χ1v) is 5.34. The summed E-state index contributed by atoms with van der Waals surface area (Å²) < 4.78 is 0. The lowest BCUT2D eigenvalue weighted by atomic mass is 10.2. The van der Waals surface area contributed by atoms with Gasteiger partial charge in [-0.25, -0.2) is 4.79 Å². The van der Waals surface area contributed by atoms with E-state index in [9.17, 15) is 4.79 Å². The van der Waals surface area contributed by atoms with Gasteiger partial charge in [0, 0.05) is 19.3 Å². The third-order valence-electron chi connectivity index (χ3n) is 2.64. The number of H-pyrrole nitrogens is 2. The minimum Gasteiger partial charge on any atom is -0.374 e. The van der Waals surface area contributed by atoms with Crippen LogP contribution in [0.15, 0.2) is 23.0 Å². The van der Waals surface area contributed by atoms with Gasteiger partial charge in [-0.3, -0.25) is 0 Å². The molecule has 0 saturated carbocycles. The second kappa shape index (κ2) is 4.40. The Bertz CT molecular complexity index is 528. The SMILES string of the molecule is CN(CCCN)c1ccc2[nH]c(=O)[nH]c2c1. The third kappa shape index (κ3) is 2.09. The molecule has 5 heteroatoms. The zero-order valence-electron chi connectivity index (χ0n) is 9.29. The number of hydrogen-bond donors (Lipinski definition) is 3. The second-order valence-corrected chi connectivity index (χ2v) is 3.87. The molecular weight excluding hydrogens is 204 g/mol. The number of aromatic amines is 2. The molecule has 0 fully saturated rings. The first-order chi connectivity index (χ1) is 7.70. The molecule has 1 aromatic heterocycles. The first kappa shape index (κ1) is 10.8. The van der Waals surface area contributed by atoms with Crippen LogP contribution in [0, 0.1) is 0 Å². The lowest BCUT2D eigenvalue weighted by molar-refractivity contribution is 0.796. The van der Waals surface area contributed by atoms with Crippen LogP contribution in [0.4, 0.5) is 5.69 Å². The molecule has 0 spiro atoms. The number of nitrogens with one attached hydrogen (secondary N) is 2. The highest BCUT2D eigenvalue weighted by molar-refractivity contribution is 5.78.